The second-order valence-corrected chi connectivity index (χ2v) is 6.26. The summed E-state index contributed by atoms with van der Waals surface area (Å²) in [6, 6.07) is 6.21. The lowest BCUT2D eigenvalue weighted by Gasteiger charge is -2.08. The zero-order valence-electron chi connectivity index (χ0n) is 8.96. The number of aliphatic hydroxyl groups is 1. The van der Waals surface area contributed by atoms with Crippen molar-refractivity contribution in [2.45, 2.75) is 12.5 Å². The Morgan fingerprint density at radius 2 is 1.89 bits per heavy atom. The Labute approximate surface area is 129 Å². The number of benzene rings is 1. The number of aliphatic hydroxyl groups excluding tert-OH is 1. The molecule has 96 valence electrons. The summed E-state index contributed by atoms with van der Waals surface area (Å²) in [5.41, 5.74) is 0.693. The zero-order chi connectivity index (χ0) is 13.3. The van der Waals surface area contributed by atoms with E-state index in [0.717, 1.165) is 4.47 Å². The van der Waals surface area contributed by atoms with E-state index in [-0.39, 0.29) is 12.2 Å². The normalized spacial score (nSPS) is 12.7. The molecule has 1 heterocycles. The molecule has 1 aromatic carbocycles. The number of hydrogen-bond donors (Lipinski definition) is 1. The molecule has 0 saturated heterocycles. The highest BCUT2D eigenvalue weighted by Gasteiger charge is 2.16. The van der Waals surface area contributed by atoms with E-state index in [1.165, 1.54) is 12.1 Å². The van der Waals surface area contributed by atoms with E-state index in [9.17, 15) is 9.50 Å². The monoisotopic (exact) mass is 440 g/mol. The highest BCUT2D eigenvalue weighted by molar-refractivity contribution is 9.13. The minimum Gasteiger partial charge on any atom is -0.450 e. The van der Waals surface area contributed by atoms with E-state index in [2.05, 4.69) is 47.8 Å². The van der Waals surface area contributed by atoms with Crippen molar-refractivity contribution in [1.29, 1.82) is 0 Å². The molecular weight excluding hydrogens is 435 g/mol. The summed E-state index contributed by atoms with van der Waals surface area (Å²) < 4.78 is 20.4. The summed E-state index contributed by atoms with van der Waals surface area (Å²) in [6.45, 7) is 0. The lowest BCUT2D eigenvalue weighted by molar-refractivity contribution is 0.148. The van der Waals surface area contributed by atoms with Crippen molar-refractivity contribution in [2.75, 3.05) is 0 Å². The maximum Gasteiger partial charge on any atom is 0.183 e. The Kier molecular flexibility index (Phi) is 4.64. The molecular formula is C12H8Br3FO2. The van der Waals surface area contributed by atoms with E-state index in [4.69, 9.17) is 4.42 Å². The van der Waals surface area contributed by atoms with Gasteiger partial charge in [-0.1, -0.05) is 15.9 Å². The van der Waals surface area contributed by atoms with Gasteiger partial charge in [0.05, 0.1) is 4.47 Å². The largest absolute Gasteiger partial charge is 0.450 e. The molecule has 1 unspecified atom stereocenters. The van der Waals surface area contributed by atoms with Crippen molar-refractivity contribution in [3.8, 4) is 0 Å². The fourth-order valence-electron chi connectivity index (χ4n) is 1.58. The molecule has 1 atom stereocenters. The second-order valence-electron chi connectivity index (χ2n) is 3.77. The zero-order valence-corrected chi connectivity index (χ0v) is 13.7. The molecule has 0 bridgehead atoms. The van der Waals surface area contributed by atoms with Gasteiger partial charge in [-0.2, -0.15) is 0 Å². The van der Waals surface area contributed by atoms with Crippen LogP contribution in [0.4, 0.5) is 4.39 Å². The Hall–Kier alpha value is -0.170. The summed E-state index contributed by atoms with van der Waals surface area (Å²) in [5.74, 6) is 0.0857. The first kappa shape index (κ1) is 14.2. The van der Waals surface area contributed by atoms with Crippen LogP contribution in [-0.4, -0.2) is 5.11 Å². The van der Waals surface area contributed by atoms with Gasteiger partial charge in [-0.15, -0.1) is 0 Å². The number of rotatable bonds is 3. The van der Waals surface area contributed by atoms with Crippen LogP contribution in [0.15, 0.2) is 42.3 Å². The third-order valence-electron chi connectivity index (χ3n) is 2.34. The number of furan rings is 1. The third-order valence-corrected chi connectivity index (χ3v) is 4.51. The van der Waals surface area contributed by atoms with Crippen molar-refractivity contribution < 1.29 is 13.9 Å². The second kappa shape index (κ2) is 5.86. The molecule has 0 aliphatic carbocycles. The minimum atomic E-state index is -0.818. The summed E-state index contributed by atoms with van der Waals surface area (Å²) in [4.78, 5) is 0. The SMILES string of the molecule is OC(Cc1cc(F)cc(Br)c1)c1cc(Br)c(Br)o1. The van der Waals surface area contributed by atoms with Gasteiger partial charge in [0.25, 0.3) is 0 Å². The van der Waals surface area contributed by atoms with Crippen LogP contribution >= 0.6 is 47.8 Å². The van der Waals surface area contributed by atoms with Gasteiger partial charge in [-0.05, 0) is 61.7 Å². The average molecular weight is 443 g/mol. The predicted molar refractivity (Wildman–Crippen MR) is 76.9 cm³/mol. The minimum absolute atomic E-state index is 0.281. The fraction of sp³-hybridized carbons (Fsp3) is 0.167. The topological polar surface area (TPSA) is 33.4 Å². The van der Waals surface area contributed by atoms with E-state index < -0.39 is 6.10 Å². The summed E-state index contributed by atoms with van der Waals surface area (Å²) >= 11 is 9.69. The first-order chi connectivity index (χ1) is 8.45. The predicted octanol–water partition coefficient (Wildman–Crippen LogP) is 4.98. The van der Waals surface area contributed by atoms with E-state index in [0.29, 0.717) is 20.5 Å². The molecule has 18 heavy (non-hydrogen) atoms. The Morgan fingerprint density at radius 1 is 1.17 bits per heavy atom. The molecule has 2 nitrogen and oxygen atoms in total. The molecule has 0 aliphatic heterocycles. The number of hydrogen-bond acceptors (Lipinski definition) is 2. The molecule has 0 fully saturated rings. The smallest absolute Gasteiger partial charge is 0.183 e. The van der Waals surface area contributed by atoms with Crippen molar-refractivity contribution in [3.05, 3.63) is 55.0 Å². The van der Waals surface area contributed by atoms with Gasteiger partial charge < -0.3 is 9.52 Å². The first-order valence-corrected chi connectivity index (χ1v) is 7.41. The van der Waals surface area contributed by atoms with Crippen molar-refractivity contribution >= 4 is 47.8 Å². The fourth-order valence-corrected chi connectivity index (χ4v) is 2.70. The van der Waals surface area contributed by atoms with E-state index in [1.54, 1.807) is 12.1 Å². The first-order valence-electron chi connectivity index (χ1n) is 5.03. The van der Waals surface area contributed by atoms with Gasteiger partial charge >= 0.3 is 0 Å². The highest BCUT2D eigenvalue weighted by Crippen LogP contribution is 2.31. The Morgan fingerprint density at radius 3 is 2.44 bits per heavy atom. The molecule has 0 amide bonds. The maximum absolute atomic E-state index is 13.2. The molecule has 0 saturated carbocycles. The Balaban J connectivity index is 2.18. The maximum atomic E-state index is 13.2. The van der Waals surface area contributed by atoms with Gasteiger partial charge in [0.15, 0.2) is 4.67 Å². The van der Waals surface area contributed by atoms with Crippen molar-refractivity contribution in [2.24, 2.45) is 0 Å². The van der Waals surface area contributed by atoms with E-state index >= 15 is 0 Å². The molecule has 0 spiro atoms. The van der Waals surface area contributed by atoms with Crippen LogP contribution in [0.2, 0.25) is 0 Å². The lowest BCUT2D eigenvalue weighted by Crippen LogP contribution is -2.00. The van der Waals surface area contributed by atoms with Crippen LogP contribution in [0.25, 0.3) is 0 Å². The summed E-state index contributed by atoms with van der Waals surface area (Å²) in [6.07, 6.45) is -0.538. The number of halogens is 4. The molecule has 0 aliphatic rings. The van der Waals surface area contributed by atoms with Gasteiger partial charge in [-0.3, -0.25) is 0 Å². The molecule has 6 heteroatoms. The van der Waals surface area contributed by atoms with E-state index in [1.807, 2.05) is 0 Å². The quantitative estimate of drug-likeness (QED) is 0.727. The molecule has 1 aromatic heterocycles. The standard InChI is InChI=1S/C12H8Br3FO2/c13-7-1-6(2-8(16)4-7)3-10(17)11-5-9(14)12(15)18-11/h1-2,4-5,10,17H,3H2. The van der Waals surface area contributed by atoms with Crippen LogP contribution in [0.5, 0.6) is 0 Å². The molecule has 2 rings (SSSR count). The van der Waals surface area contributed by atoms with Crippen molar-refractivity contribution in [3.63, 3.8) is 0 Å². The molecule has 2 aromatic rings. The van der Waals surface area contributed by atoms with Crippen LogP contribution in [-0.2, 0) is 6.42 Å². The van der Waals surface area contributed by atoms with Gasteiger partial charge in [0.2, 0.25) is 0 Å². The molecule has 0 radical (unpaired) electrons. The van der Waals surface area contributed by atoms with Crippen LogP contribution in [0.3, 0.4) is 0 Å². The average Bonchev–Trinajstić information content (AvgIpc) is 2.57. The molecule has 1 N–H and O–H groups in total. The van der Waals surface area contributed by atoms with Crippen LogP contribution in [0, 0.1) is 5.82 Å². The summed E-state index contributed by atoms with van der Waals surface area (Å²) in [7, 11) is 0. The highest BCUT2D eigenvalue weighted by atomic mass is 79.9. The third kappa shape index (κ3) is 3.44. The van der Waals surface area contributed by atoms with Crippen LogP contribution in [0.1, 0.15) is 17.4 Å². The van der Waals surface area contributed by atoms with Crippen LogP contribution < -0.4 is 0 Å². The van der Waals surface area contributed by atoms with Crippen molar-refractivity contribution in [1.82, 2.24) is 0 Å². The Bertz CT molecular complexity index is 529. The van der Waals surface area contributed by atoms with Gasteiger partial charge in [-0.25, -0.2) is 4.39 Å². The summed E-state index contributed by atoms with van der Waals surface area (Å²) in [5, 5.41) is 10.0. The lowest BCUT2D eigenvalue weighted by atomic mass is 10.1. The van der Waals surface area contributed by atoms with Gasteiger partial charge in [0.1, 0.15) is 17.7 Å². The van der Waals surface area contributed by atoms with Gasteiger partial charge in [0, 0.05) is 10.9 Å².